The second kappa shape index (κ2) is 8.22. The number of benzene rings is 2. The maximum absolute atomic E-state index is 12.7. The second-order valence-electron chi connectivity index (χ2n) is 6.13. The normalized spacial score (nSPS) is 11.8. The number of nitrogens with two attached hydrogens (primary N) is 1. The highest BCUT2D eigenvalue weighted by Gasteiger charge is 2.19. The van der Waals surface area contributed by atoms with E-state index >= 15 is 0 Å². The summed E-state index contributed by atoms with van der Waals surface area (Å²) in [6, 6.07) is 12.0. The quantitative estimate of drug-likeness (QED) is 0.629. The number of nitrogens with one attached hydrogen (secondary N) is 1. The second-order valence-corrected chi connectivity index (χ2v) is 6.53. The molecule has 0 spiro atoms. The average Bonchev–Trinajstić information content (AvgIpc) is 3.10. The molecular formula is C20H19ClN2O5. The van der Waals surface area contributed by atoms with Crippen LogP contribution < -0.4 is 20.5 Å². The highest BCUT2D eigenvalue weighted by atomic mass is 35.5. The largest absolute Gasteiger partial charge is 0.493 e. The van der Waals surface area contributed by atoms with Gasteiger partial charge >= 0.3 is 0 Å². The van der Waals surface area contributed by atoms with Crippen molar-refractivity contribution in [2.24, 2.45) is 5.73 Å². The molecule has 1 aromatic heterocycles. The van der Waals surface area contributed by atoms with E-state index in [4.69, 9.17) is 31.2 Å². The first-order chi connectivity index (χ1) is 13.4. The molecule has 0 unspecified atom stereocenters. The third kappa shape index (κ3) is 4.20. The van der Waals surface area contributed by atoms with E-state index in [9.17, 15) is 9.59 Å². The lowest BCUT2D eigenvalue weighted by Crippen LogP contribution is -2.26. The Bertz CT molecular complexity index is 998. The summed E-state index contributed by atoms with van der Waals surface area (Å²) in [6.45, 7) is 1.46. The Balaban J connectivity index is 1.79. The van der Waals surface area contributed by atoms with E-state index in [-0.39, 0.29) is 40.6 Å². The van der Waals surface area contributed by atoms with E-state index in [0.29, 0.717) is 5.76 Å². The SMILES string of the molecule is COc1cc(C(=O)N[C@H](C)c2cc3ccccc3o2)cc(Cl)c1OCC(N)=O. The van der Waals surface area contributed by atoms with E-state index in [1.807, 2.05) is 37.3 Å². The first-order valence-corrected chi connectivity index (χ1v) is 8.84. The number of furan rings is 1. The molecule has 0 saturated heterocycles. The Morgan fingerprint density at radius 2 is 2.00 bits per heavy atom. The number of para-hydroxylation sites is 1. The van der Waals surface area contributed by atoms with Gasteiger partial charge in [-0.25, -0.2) is 0 Å². The monoisotopic (exact) mass is 402 g/mol. The predicted octanol–water partition coefficient (Wildman–Crippen LogP) is 3.45. The fourth-order valence-corrected chi connectivity index (χ4v) is 2.97. The lowest BCUT2D eigenvalue weighted by atomic mass is 10.1. The lowest BCUT2D eigenvalue weighted by Gasteiger charge is -2.15. The van der Waals surface area contributed by atoms with Gasteiger partial charge in [0.25, 0.3) is 11.8 Å². The van der Waals surface area contributed by atoms with Crippen molar-refractivity contribution in [2.75, 3.05) is 13.7 Å². The van der Waals surface area contributed by atoms with Gasteiger partial charge in [0.15, 0.2) is 18.1 Å². The van der Waals surface area contributed by atoms with Gasteiger partial charge in [0, 0.05) is 10.9 Å². The van der Waals surface area contributed by atoms with Crippen molar-refractivity contribution in [1.82, 2.24) is 5.32 Å². The molecular weight excluding hydrogens is 384 g/mol. The van der Waals surface area contributed by atoms with Crippen LogP contribution in [0.5, 0.6) is 11.5 Å². The highest BCUT2D eigenvalue weighted by molar-refractivity contribution is 6.32. The zero-order valence-corrected chi connectivity index (χ0v) is 16.1. The molecule has 7 nitrogen and oxygen atoms in total. The minimum atomic E-state index is -0.653. The predicted molar refractivity (Wildman–Crippen MR) is 105 cm³/mol. The molecule has 0 aliphatic rings. The maximum atomic E-state index is 12.7. The Hall–Kier alpha value is -3.19. The number of carbonyl (C=O) groups excluding carboxylic acids is 2. The number of rotatable bonds is 7. The first kappa shape index (κ1) is 19.6. The number of fused-ring (bicyclic) bond motifs is 1. The van der Waals surface area contributed by atoms with E-state index in [1.54, 1.807) is 0 Å². The van der Waals surface area contributed by atoms with Crippen molar-refractivity contribution >= 4 is 34.4 Å². The van der Waals surface area contributed by atoms with Crippen molar-refractivity contribution in [1.29, 1.82) is 0 Å². The molecule has 0 radical (unpaired) electrons. The smallest absolute Gasteiger partial charge is 0.255 e. The summed E-state index contributed by atoms with van der Waals surface area (Å²) in [6.07, 6.45) is 0. The molecule has 0 aliphatic carbocycles. The van der Waals surface area contributed by atoms with Gasteiger partial charge in [-0.05, 0) is 31.2 Å². The molecule has 146 valence electrons. The Morgan fingerprint density at radius 3 is 2.68 bits per heavy atom. The van der Waals surface area contributed by atoms with Crippen molar-refractivity contribution in [3.63, 3.8) is 0 Å². The van der Waals surface area contributed by atoms with Crippen LogP contribution in [0.3, 0.4) is 0 Å². The van der Waals surface area contributed by atoms with Gasteiger partial charge < -0.3 is 24.9 Å². The number of carbonyl (C=O) groups is 2. The first-order valence-electron chi connectivity index (χ1n) is 8.47. The van der Waals surface area contributed by atoms with Crippen molar-refractivity contribution in [2.45, 2.75) is 13.0 Å². The summed E-state index contributed by atoms with van der Waals surface area (Å²) in [4.78, 5) is 23.6. The Labute approximate surface area is 166 Å². The van der Waals surface area contributed by atoms with Gasteiger partial charge in [-0.2, -0.15) is 0 Å². The van der Waals surface area contributed by atoms with Gasteiger partial charge in [0.05, 0.1) is 18.2 Å². The van der Waals surface area contributed by atoms with Gasteiger partial charge in [-0.15, -0.1) is 0 Å². The summed E-state index contributed by atoms with van der Waals surface area (Å²) in [7, 11) is 1.40. The highest BCUT2D eigenvalue weighted by Crippen LogP contribution is 2.36. The van der Waals surface area contributed by atoms with Crippen molar-refractivity contribution < 1.29 is 23.5 Å². The van der Waals surface area contributed by atoms with E-state index < -0.39 is 5.91 Å². The number of methoxy groups -OCH3 is 1. The van der Waals surface area contributed by atoms with Gasteiger partial charge in [0.1, 0.15) is 11.3 Å². The summed E-state index contributed by atoms with van der Waals surface area (Å²) >= 11 is 6.19. The van der Waals surface area contributed by atoms with Crippen molar-refractivity contribution in [3.8, 4) is 11.5 Å². The third-order valence-electron chi connectivity index (χ3n) is 4.07. The Kier molecular flexibility index (Phi) is 5.75. The summed E-state index contributed by atoms with van der Waals surface area (Å²) in [5.41, 5.74) is 6.10. The number of amides is 2. The molecule has 1 heterocycles. The molecule has 0 aliphatic heterocycles. The fourth-order valence-electron chi connectivity index (χ4n) is 2.70. The standard InChI is InChI=1S/C20H19ClN2O5/c1-11(16-8-12-5-3-4-6-15(12)28-16)23-20(25)13-7-14(21)19(17(9-13)26-2)27-10-18(22)24/h3-9,11H,10H2,1-2H3,(H2,22,24)(H,23,25)/t11-/m1/s1. The van der Waals surface area contributed by atoms with Crippen LogP contribution >= 0.6 is 11.6 Å². The van der Waals surface area contributed by atoms with E-state index in [0.717, 1.165) is 11.0 Å². The van der Waals surface area contributed by atoms with Gasteiger partial charge in [-0.3, -0.25) is 9.59 Å². The molecule has 1 atom stereocenters. The fraction of sp³-hybridized carbons (Fsp3) is 0.200. The van der Waals surface area contributed by atoms with Crippen LogP contribution in [-0.2, 0) is 4.79 Å². The number of halogens is 1. The third-order valence-corrected chi connectivity index (χ3v) is 4.35. The molecule has 0 fully saturated rings. The maximum Gasteiger partial charge on any atom is 0.255 e. The molecule has 2 aromatic carbocycles. The number of ether oxygens (including phenoxy) is 2. The summed E-state index contributed by atoms with van der Waals surface area (Å²) in [5, 5.41) is 3.94. The van der Waals surface area contributed by atoms with Crippen LogP contribution in [-0.4, -0.2) is 25.5 Å². The van der Waals surface area contributed by atoms with Crippen LogP contribution in [0.4, 0.5) is 0 Å². The summed E-state index contributed by atoms with van der Waals surface area (Å²) < 4.78 is 16.3. The molecule has 8 heteroatoms. The molecule has 0 bridgehead atoms. The number of hydrogen-bond donors (Lipinski definition) is 2. The summed E-state index contributed by atoms with van der Waals surface area (Å²) in [5.74, 6) is -0.0247. The van der Waals surface area contributed by atoms with Crippen LogP contribution in [0.25, 0.3) is 11.0 Å². The molecule has 3 N–H and O–H groups in total. The van der Waals surface area contributed by atoms with Crippen LogP contribution in [0.2, 0.25) is 5.02 Å². The molecule has 0 saturated carbocycles. The average molecular weight is 403 g/mol. The van der Waals surface area contributed by atoms with Gasteiger partial charge in [0.2, 0.25) is 0 Å². The molecule has 3 aromatic rings. The van der Waals surface area contributed by atoms with Crippen LogP contribution in [0, 0.1) is 0 Å². The minimum Gasteiger partial charge on any atom is -0.493 e. The van der Waals surface area contributed by atoms with Crippen molar-refractivity contribution in [3.05, 3.63) is 58.8 Å². The zero-order chi connectivity index (χ0) is 20.3. The molecule has 3 rings (SSSR count). The number of hydrogen-bond acceptors (Lipinski definition) is 5. The topological polar surface area (TPSA) is 104 Å². The van der Waals surface area contributed by atoms with Crippen LogP contribution in [0.15, 0.2) is 46.9 Å². The minimum absolute atomic E-state index is 0.127. The lowest BCUT2D eigenvalue weighted by molar-refractivity contribution is -0.119. The zero-order valence-electron chi connectivity index (χ0n) is 15.3. The van der Waals surface area contributed by atoms with Crippen LogP contribution in [0.1, 0.15) is 29.1 Å². The molecule has 2 amide bonds. The molecule has 28 heavy (non-hydrogen) atoms. The number of primary amides is 1. The van der Waals surface area contributed by atoms with E-state index in [2.05, 4.69) is 5.32 Å². The van der Waals surface area contributed by atoms with E-state index in [1.165, 1.54) is 19.2 Å². The van der Waals surface area contributed by atoms with Gasteiger partial charge in [-0.1, -0.05) is 29.8 Å². The Morgan fingerprint density at radius 1 is 1.25 bits per heavy atom.